The topological polar surface area (TPSA) is 61.3 Å². The number of nitrogen functional groups attached to an aromatic ring is 2. The minimum absolute atomic E-state index is 0.0991. The highest BCUT2D eigenvalue weighted by Crippen LogP contribution is 2.37. The number of hydrogen-bond acceptors (Lipinski definition) is 3. The smallest absolute Gasteiger partial charge is 0.416 e. The summed E-state index contributed by atoms with van der Waals surface area (Å²) < 4.78 is 42.6. The first-order chi connectivity index (χ1) is 7.71. The van der Waals surface area contributed by atoms with Crippen LogP contribution >= 0.6 is 0 Å². The SMILES string of the molecule is CC(C)COc1c(N)cc(C(F)(F)F)cc1N. The molecule has 0 aliphatic carbocycles. The molecule has 6 heteroatoms. The third-order valence-electron chi connectivity index (χ3n) is 2.03. The van der Waals surface area contributed by atoms with Crippen LogP contribution in [-0.2, 0) is 6.18 Å². The van der Waals surface area contributed by atoms with Gasteiger partial charge in [-0.05, 0) is 18.1 Å². The third-order valence-corrected chi connectivity index (χ3v) is 2.03. The quantitative estimate of drug-likeness (QED) is 0.808. The van der Waals surface area contributed by atoms with Crippen molar-refractivity contribution >= 4 is 11.4 Å². The van der Waals surface area contributed by atoms with Crippen LogP contribution in [0, 0.1) is 5.92 Å². The number of anilines is 2. The first kappa shape index (κ1) is 13.5. The molecule has 0 aliphatic heterocycles. The van der Waals surface area contributed by atoms with Crippen LogP contribution in [0.5, 0.6) is 5.75 Å². The molecule has 0 saturated heterocycles. The largest absolute Gasteiger partial charge is 0.489 e. The number of halogens is 3. The Hall–Kier alpha value is -1.59. The lowest BCUT2D eigenvalue weighted by Crippen LogP contribution is -2.11. The summed E-state index contributed by atoms with van der Waals surface area (Å²) in [5, 5.41) is 0. The zero-order chi connectivity index (χ0) is 13.2. The number of nitrogens with two attached hydrogens (primary N) is 2. The number of rotatable bonds is 3. The van der Waals surface area contributed by atoms with E-state index in [-0.39, 0.29) is 23.0 Å². The van der Waals surface area contributed by atoms with Gasteiger partial charge in [-0.3, -0.25) is 0 Å². The molecule has 4 N–H and O–H groups in total. The fraction of sp³-hybridized carbons (Fsp3) is 0.455. The Balaban J connectivity index is 3.03. The monoisotopic (exact) mass is 248 g/mol. The van der Waals surface area contributed by atoms with Crippen LogP contribution in [0.3, 0.4) is 0 Å². The second-order valence-corrected chi connectivity index (χ2v) is 4.19. The van der Waals surface area contributed by atoms with Crippen molar-refractivity contribution in [2.45, 2.75) is 20.0 Å². The predicted octanol–water partition coefficient (Wildman–Crippen LogP) is 2.90. The summed E-state index contributed by atoms with van der Waals surface area (Å²) in [5.41, 5.74) is 9.93. The molecule has 0 saturated carbocycles. The summed E-state index contributed by atoms with van der Waals surface area (Å²) in [4.78, 5) is 0. The molecule has 1 aromatic rings. The third kappa shape index (κ3) is 3.44. The Morgan fingerprint density at radius 2 is 1.65 bits per heavy atom. The average Bonchev–Trinajstić information content (AvgIpc) is 2.14. The first-order valence-corrected chi connectivity index (χ1v) is 5.10. The molecule has 1 rings (SSSR count). The Bertz CT molecular complexity index is 379. The Kier molecular flexibility index (Phi) is 3.75. The van der Waals surface area contributed by atoms with E-state index in [1.807, 2.05) is 13.8 Å². The van der Waals surface area contributed by atoms with Crippen molar-refractivity contribution < 1.29 is 17.9 Å². The summed E-state index contributed by atoms with van der Waals surface area (Å²) in [6, 6.07) is 1.65. The Morgan fingerprint density at radius 3 is 2.00 bits per heavy atom. The zero-order valence-corrected chi connectivity index (χ0v) is 9.64. The van der Waals surface area contributed by atoms with Crippen LogP contribution in [0.15, 0.2) is 12.1 Å². The lowest BCUT2D eigenvalue weighted by atomic mass is 10.1. The van der Waals surface area contributed by atoms with E-state index >= 15 is 0 Å². The van der Waals surface area contributed by atoms with E-state index in [2.05, 4.69) is 0 Å². The standard InChI is InChI=1S/C11H15F3N2O/c1-6(2)5-17-10-8(15)3-7(4-9(10)16)11(12,13)14/h3-4,6H,5,15-16H2,1-2H3. The lowest BCUT2D eigenvalue weighted by Gasteiger charge is -2.15. The second kappa shape index (κ2) is 4.73. The number of benzene rings is 1. The van der Waals surface area contributed by atoms with Crippen molar-refractivity contribution in [3.8, 4) is 5.75 Å². The van der Waals surface area contributed by atoms with Crippen molar-refractivity contribution in [2.75, 3.05) is 18.1 Å². The van der Waals surface area contributed by atoms with E-state index in [0.29, 0.717) is 6.61 Å². The molecule has 3 nitrogen and oxygen atoms in total. The molecule has 0 aromatic heterocycles. The van der Waals surface area contributed by atoms with E-state index in [1.165, 1.54) is 0 Å². The highest BCUT2D eigenvalue weighted by Gasteiger charge is 2.32. The summed E-state index contributed by atoms with van der Waals surface area (Å²) in [5.74, 6) is 0.350. The molecule has 0 heterocycles. The van der Waals surface area contributed by atoms with Crippen molar-refractivity contribution in [1.29, 1.82) is 0 Å². The molecule has 96 valence electrons. The van der Waals surface area contributed by atoms with Gasteiger partial charge in [-0.2, -0.15) is 13.2 Å². The van der Waals surface area contributed by atoms with Gasteiger partial charge in [0.05, 0.1) is 23.5 Å². The van der Waals surface area contributed by atoms with Crippen molar-refractivity contribution in [2.24, 2.45) is 5.92 Å². The van der Waals surface area contributed by atoms with Crippen LogP contribution in [0.25, 0.3) is 0 Å². The van der Waals surface area contributed by atoms with E-state index in [0.717, 1.165) is 12.1 Å². The maximum atomic E-state index is 12.4. The molecule has 0 amide bonds. The average molecular weight is 248 g/mol. The number of hydrogen-bond donors (Lipinski definition) is 2. The highest BCUT2D eigenvalue weighted by atomic mass is 19.4. The van der Waals surface area contributed by atoms with E-state index in [1.54, 1.807) is 0 Å². The highest BCUT2D eigenvalue weighted by molar-refractivity contribution is 5.69. The van der Waals surface area contributed by atoms with Gasteiger partial charge >= 0.3 is 6.18 Å². The molecule has 0 atom stereocenters. The second-order valence-electron chi connectivity index (χ2n) is 4.19. The minimum Gasteiger partial charge on any atom is -0.489 e. The maximum Gasteiger partial charge on any atom is 0.416 e. The maximum absolute atomic E-state index is 12.4. The summed E-state index contributed by atoms with van der Waals surface area (Å²) in [6.07, 6.45) is -4.46. The van der Waals surface area contributed by atoms with Crippen LogP contribution < -0.4 is 16.2 Å². The van der Waals surface area contributed by atoms with Gasteiger partial charge in [0.25, 0.3) is 0 Å². The fourth-order valence-corrected chi connectivity index (χ4v) is 1.25. The molecule has 0 fully saturated rings. The molecule has 1 aromatic carbocycles. The fourth-order valence-electron chi connectivity index (χ4n) is 1.25. The van der Waals surface area contributed by atoms with Gasteiger partial charge in [-0.1, -0.05) is 13.8 Å². The summed E-state index contributed by atoms with van der Waals surface area (Å²) in [6.45, 7) is 4.17. The van der Waals surface area contributed by atoms with Gasteiger partial charge in [0, 0.05) is 0 Å². The van der Waals surface area contributed by atoms with Gasteiger partial charge in [0.2, 0.25) is 0 Å². The van der Waals surface area contributed by atoms with Crippen molar-refractivity contribution in [1.82, 2.24) is 0 Å². The molecule has 17 heavy (non-hydrogen) atoms. The van der Waals surface area contributed by atoms with E-state index in [9.17, 15) is 13.2 Å². The van der Waals surface area contributed by atoms with Crippen molar-refractivity contribution in [3.63, 3.8) is 0 Å². The molecular formula is C11H15F3N2O. The van der Waals surface area contributed by atoms with Gasteiger partial charge in [0.15, 0.2) is 5.75 Å². The van der Waals surface area contributed by atoms with Gasteiger partial charge in [-0.15, -0.1) is 0 Å². The van der Waals surface area contributed by atoms with Crippen LogP contribution in [0.2, 0.25) is 0 Å². The molecule has 0 unspecified atom stereocenters. The minimum atomic E-state index is -4.46. The normalized spacial score (nSPS) is 11.9. The van der Waals surface area contributed by atoms with Gasteiger partial charge in [-0.25, -0.2) is 0 Å². The molecular weight excluding hydrogens is 233 g/mol. The summed E-state index contributed by atoms with van der Waals surface area (Å²) in [7, 11) is 0. The van der Waals surface area contributed by atoms with Crippen LogP contribution in [0.1, 0.15) is 19.4 Å². The molecule has 0 radical (unpaired) electrons. The van der Waals surface area contributed by atoms with Crippen LogP contribution in [0.4, 0.5) is 24.5 Å². The van der Waals surface area contributed by atoms with Crippen molar-refractivity contribution in [3.05, 3.63) is 17.7 Å². The van der Waals surface area contributed by atoms with Crippen LogP contribution in [-0.4, -0.2) is 6.61 Å². The number of alkyl halides is 3. The first-order valence-electron chi connectivity index (χ1n) is 5.10. The molecule has 0 spiro atoms. The molecule has 0 aliphatic rings. The number of ether oxygens (including phenoxy) is 1. The Labute approximate surface area is 97.5 Å². The van der Waals surface area contributed by atoms with Gasteiger partial charge < -0.3 is 16.2 Å². The zero-order valence-electron chi connectivity index (χ0n) is 9.64. The Morgan fingerprint density at radius 1 is 1.18 bits per heavy atom. The van der Waals surface area contributed by atoms with E-state index < -0.39 is 11.7 Å². The van der Waals surface area contributed by atoms with E-state index in [4.69, 9.17) is 16.2 Å². The molecule has 0 bridgehead atoms. The summed E-state index contributed by atoms with van der Waals surface area (Å²) >= 11 is 0. The lowest BCUT2D eigenvalue weighted by molar-refractivity contribution is -0.137. The van der Waals surface area contributed by atoms with Gasteiger partial charge in [0.1, 0.15) is 0 Å². The predicted molar refractivity (Wildman–Crippen MR) is 60.6 cm³/mol.